The topological polar surface area (TPSA) is 32.3 Å². The highest BCUT2D eigenvalue weighted by atomic mass is 16.2. The summed E-state index contributed by atoms with van der Waals surface area (Å²) in [7, 11) is 1.80. The molecule has 1 aliphatic heterocycles. The summed E-state index contributed by atoms with van der Waals surface area (Å²) in [6.07, 6.45) is 1.05. The average Bonchev–Trinajstić information content (AvgIpc) is 2.30. The third-order valence-electron chi connectivity index (χ3n) is 3.17. The fourth-order valence-electron chi connectivity index (χ4n) is 2.25. The average molecular weight is 218 g/mol. The van der Waals surface area contributed by atoms with Crippen LogP contribution in [-0.2, 0) is 4.79 Å². The highest BCUT2D eigenvalue weighted by Crippen LogP contribution is 2.34. The monoisotopic (exact) mass is 218 g/mol. The van der Waals surface area contributed by atoms with E-state index in [2.05, 4.69) is 18.3 Å². The van der Waals surface area contributed by atoms with Crippen molar-refractivity contribution in [2.75, 3.05) is 25.0 Å². The van der Waals surface area contributed by atoms with Crippen LogP contribution in [-0.4, -0.2) is 26.0 Å². The quantitative estimate of drug-likeness (QED) is 0.820. The Hall–Kier alpha value is -1.35. The molecule has 1 heterocycles. The number of carbonyl (C=O) groups excluding carboxylic acids is 1. The Morgan fingerprint density at radius 2 is 2.25 bits per heavy atom. The summed E-state index contributed by atoms with van der Waals surface area (Å²) in [5.41, 5.74) is 2.37. The van der Waals surface area contributed by atoms with Crippen LogP contribution in [0.15, 0.2) is 24.3 Å². The van der Waals surface area contributed by atoms with Crippen LogP contribution in [0.4, 0.5) is 5.69 Å². The van der Waals surface area contributed by atoms with Crippen molar-refractivity contribution < 1.29 is 4.79 Å². The number of nitrogens with zero attached hydrogens (tertiary/aromatic N) is 1. The summed E-state index contributed by atoms with van der Waals surface area (Å²) >= 11 is 0. The molecule has 0 aromatic heterocycles. The Kier molecular flexibility index (Phi) is 3.25. The Morgan fingerprint density at radius 3 is 3.00 bits per heavy atom. The van der Waals surface area contributed by atoms with E-state index in [1.807, 2.05) is 23.1 Å². The van der Waals surface area contributed by atoms with Crippen molar-refractivity contribution >= 4 is 11.6 Å². The van der Waals surface area contributed by atoms with Gasteiger partial charge in [-0.2, -0.15) is 0 Å². The molecule has 1 aliphatic rings. The van der Waals surface area contributed by atoms with Gasteiger partial charge in [-0.15, -0.1) is 0 Å². The molecule has 0 spiro atoms. The first-order valence-electron chi connectivity index (χ1n) is 5.78. The van der Waals surface area contributed by atoms with Gasteiger partial charge in [0.15, 0.2) is 0 Å². The van der Waals surface area contributed by atoms with Crippen LogP contribution < -0.4 is 10.2 Å². The first-order chi connectivity index (χ1) is 7.74. The van der Waals surface area contributed by atoms with E-state index in [1.165, 1.54) is 5.56 Å². The summed E-state index contributed by atoms with van der Waals surface area (Å²) in [6, 6.07) is 8.20. The summed E-state index contributed by atoms with van der Waals surface area (Å²) in [4.78, 5) is 13.8. The molecular weight excluding hydrogens is 200 g/mol. The third kappa shape index (κ3) is 1.95. The lowest BCUT2D eigenvalue weighted by molar-refractivity contribution is -0.117. The van der Waals surface area contributed by atoms with Crippen LogP contribution in [0.2, 0.25) is 0 Å². The Labute approximate surface area is 96.5 Å². The van der Waals surface area contributed by atoms with E-state index in [9.17, 15) is 4.79 Å². The number of fused-ring (bicyclic) bond motifs is 1. The van der Waals surface area contributed by atoms with Crippen molar-refractivity contribution in [3.8, 4) is 0 Å². The zero-order chi connectivity index (χ0) is 11.5. The highest BCUT2D eigenvalue weighted by Gasteiger charge is 2.25. The van der Waals surface area contributed by atoms with E-state index in [0.29, 0.717) is 12.5 Å². The molecule has 86 valence electrons. The minimum Gasteiger partial charge on any atom is -0.311 e. The van der Waals surface area contributed by atoms with Crippen molar-refractivity contribution in [1.82, 2.24) is 5.32 Å². The normalized spacial score (nSPS) is 19.4. The molecule has 0 bridgehead atoms. The SMILES string of the molecule is CNCC(=O)N1CCC(C)c2ccccc21. The van der Waals surface area contributed by atoms with Gasteiger partial charge in [-0.1, -0.05) is 25.1 Å². The van der Waals surface area contributed by atoms with Crippen LogP contribution in [0.5, 0.6) is 0 Å². The second-order valence-corrected chi connectivity index (χ2v) is 4.32. The zero-order valence-corrected chi connectivity index (χ0v) is 9.86. The van der Waals surface area contributed by atoms with E-state index in [1.54, 1.807) is 7.05 Å². The lowest BCUT2D eigenvalue weighted by Gasteiger charge is -2.32. The van der Waals surface area contributed by atoms with Gasteiger partial charge in [0, 0.05) is 12.2 Å². The van der Waals surface area contributed by atoms with Crippen LogP contribution in [0, 0.1) is 0 Å². The van der Waals surface area contributed by atoms with E-state index < -0.39 is 0 Å². The Balaban J connectivity index is 2.31. The number of rotatable bonds is 2. The summed E-state index contributed by atoms with van der Waals surface area (Å²) in [6.45, 7) is 3.46. The van der Waals surface area contributed by atoms with Gasteiger partial charge in [0.25, 0.3) is 0 Å². The molecule has 0 saturated carbocycles. The molecule has 1 aromatic carbocycles. The maximum atomic E-state index is 11.9. The van der Waals surface area contributed by atoms with Crippen LogP contribution >= 0.6 is 0 Å². The number of hydrogen-bond acceptors (Lipinski definition) is 2. The maximum Gasteiger partial charge on any atom is 0.240 e. The first kappa shape index (κ1) is 11.1. The Bertz CT molecular complexity index is 389. The number of nitrogens with one attached hydrogen (secondary N) is 1. The summed E-state index contributed by atoms with van der Waals surface area (Å²) in [5, 5.41) is 2.92. The first-order valence-corrected chi connectivity index (χ1v) is 5.78. The summed E-state index contributed by atoms with van der Waals surface area (Å²) < 4.78 is 0. The predicted octanol–water partition coefficient (Wildman–Crippen LogP) is 1.75. The molecule has 1 aromatic rings. The second kappa shape index (κ2) is 4.66. The van der Waals surface area contributed by atoms with Crippen molar-refractivity contribution in [2.24, 2.45) is 0 Å². The molecule has 3 nitrogen and oxygen atoms in total. The molecule has 1 N–H and O–H groups in total. The van der Waals surface area contributed by atoms with Crippen molar-refractivity contribution in [3.63, 3.8) is 0 Å². The number of para-hydroxylation sites is 1. The Morgan fingerprint density at radius 1 is 1.50 bits per heavy atom. The van der Waals surface area contributed by atoms with Gasteiger partial charge in [0.1, 0.15) is 0 Å². The largest absolute Gasteiger partial charge is 0.311 e. The second-order valence-electron chi connectivity index (χ2n) is 4.32. The standard InChI is InChI=1S/C13H18N2O/c1-10-7-8-15(13(16)9-14-2)12-6-4-3-5-11(10)12/h3-6,10,14H,7-9H2,1-2H3. The van der Waals surface area contributed by atoms with Crippen molar-refractivity contribution in [3.05, 3.63) is 29.8 Å². The molecule has 0 aliphatic carbocycles. The number of amides is 1. The van der Waals surface area contributed by atoms with Gasteiger partial charge in [0.2, 0.25) is 5.91 Å². The molecule has 3 heteroatoms. The van der Waals surface area contributed by atoms with Crippen LogP contribution in [0.3, 0.4) is 0 Å². The van der Waals surface area contributed by atoms with Gasteiger partial charge in [-0.3, -0.25) is 4.79 Å². The fourth-order valence-corrected chi connectivity index (χ4v) is 2.25. The molecular formula is C13H18N2O. The smallest absolute Gasteiger partial charge is 0.240 e. The molecule has 0 fully saturated rings. The molecule has 16 heavy (non-hydrogen) atoms. The van der Waals surface area contributed by atoms with Crippen LogP contribution in [0.25, 0.3) is 0 Å². The predicted molar refractivity (Wildman–Crippen MR) is 65.8 cm³/mol. The zero-order valence-electron chi connectivity index (χ0n) is 9.86. The van der Waals surface area contributed by atoms with Gasteiger partial charge < -0.3 is 10.2 Å². The van der Waals surface area contributed by atoms with Gasteiger partial charge >= 0.3 is 0 Å². The molecule has 2 rings (SSSR count). The number of benzene rings is 1. The number of carbonyl (C=O) groups is 1. The maximum absolute atomic E-state index is 11.9. The number of hydrogen-bond donors (Lipinski definition) is 1. The van der Waals surface area contributed by atoms with Crippen LogP contribution in [0.1, 0.15) is 24.8 Å². The lowest BCUT2D eigenvalue weighted by atomic mass is 9.91. The third-order valence-corrected chi connectivity index (χ3v) is 3.17. The van der Waals surface area contributed by atoms with E-state index in [-0.39, 0.29) is 5.91 Å². The molecule has 1 atom stereocenters. The fraction of sp³-hybridized carbons (Fsp3) is 0.462. The highest BCUT2D eigenvalue weighted by molar-refractivity contribution is 5.96. The number of anilines is 1. The molecule has 1 unspecified atom stereocenters. The molecule has 0 radical (unpaired) electrons. The van der Waals surface area contributed by atoms with Gasteiger partial charge in [-0.25, -0.2) is 0 Å². The molecule has 0 saturated heterocycles. The van der Waals surface area contributed by atoms with E-state index >= 15 is 0 Å². The minimum absolute atomic E-state index is 0.154. The molecule has 1 amide bonds. The van der Waals surface area contributed by atoms with E-state index in [4.69, 9.17) is 0 Å². The summed E-state index contributed by atoms with van der Waals surface area (Å²) in [5.74, 6) is 0.705. The van der Waals surface area contributed by atoms with Gasteiger partial charge in [-0.05, 0) is 31.0 Å². The number of likely N-dealkylation sites (N-methyl/N-ethyl adjacent to an activating group) is 1. The van der Waals surface area contributed by atoms with E-state index in [0.717, 1.165) is 18.7 Å². The van der Waals surface area contributed by atoms with Crippen molar-refractivity contribution in [2.45, 2.75) is 19.3 Å². The minimum atomic E-state index is 0.154. The van der Waals surface area contributed by atoms with Gasteiger partial charge in [0.05, 0.1) is 6.54 Å². The lowest BCUT2D eigenvalue weighted by Crippen LogP contribution is -2.40. The van der Waals surface area contributed by atoms with Crippen molar-refractivity contribution in [1.29, 1.82) is 0 Å².